The predicted molar refractivity (Wildman–Crippen MR) is 65.6 cm³/mol. The van der Waals surface area contributed by atoms with Crippen LogP contribution >= 0.6 is 0 Å². The fraction of sp³-hybridized carbons (Fsp3) is 0.0909. The average molecular weight is 231 g/mol. The van der Waals surface area contributed by atoms with Gasteiger partial charge in [0.2, 0.25) is 5.88 Å². The van der Waals surface area contributed by atoms with E-state index < -0.39 is 0 Å². The molecule has 6 nitrogen and oxygen atoms in total. The van der Waals surface area contributed by atoms with Gasteiger partial charge >= 0.3 is 0 Å². The first-order chi connectivity index (χ1) is 8.26. The topological polar surface area (TPSA) is 99.1 Å². The van der Waals surface area contributed by atoms with E-state index in [1.165, 1.54) is 6.20 Å². The maximum Gasteiger partial charge on any atom is 0.213 e. The number of aromatic nitrogens is 2. The lowest BCUT2D eigenvalue weighted by molar-refractivity contribution is 0.399. The molecule has 0 spiro atoms. The van der Waals surface area contributed by atoms with E-state index in [2.05, 4.69) is 15.4 Å². The zero-order chi connectivity index (χ0) is 12.3. The Morgan fingerprint density at radius 2 is 2.24 bits per heavy atom. The van der Waals surface area contributed by atoms with E-state index in [0.717, 1.165) is 11.1 Å². The Kier molecular flexibility index (Phi) is 3.06. The summed E-state index contributed by atoms with van der Waals surface area (Å²) in [7, 11) is 1.56. The molecule has 0 aliphatic carbocycles. The summed E-state index contributed by atoms with van der Waals surface area (Å²) >= 11 is 0. The third kappa shape index (κ3) is 2.11. The van der Waals surface area contributed by atoms with Gasteiger partial charge in [-0.2, -0.15) is 0 Å². The molecule has 0 aliphatic heterocycles. The molecule has 0 radical (unpaired) electrons. The molecule has 0 amide bonds. The summed E-state index contributed by atoms with van der Waals surface area (Å²) in [6, 6.07) is 5.35. The molecule has 88 valence electrons. The van der Waals surface area contributed by atoms with E-state index in [0.29, 0.717) is 17.1 Å². The molecule has 0 atom stereocenters. The first-order valence-electron chi connectivity index (χ1n) is 4.98. The highest BCUT2D eigenvalue weighted by Gasteiger charge is 2.07. The minimum absolute atomic E-state index is 0.487. The summed E-state index contributed by atoms with van der Waals surface area (Å²) in [5.41, 5.74) is 10.9. The molecule has 2 aromatic rings. The molecule has 0 saturated heterocycles. The van der Waals surface area contributed by atoms with Gasteiger partial charge in [0.25, 0.3) is 0 Å². The van der Waals surface area contributed by atoms with Gasteiger partial charge in [0.05, 0.1) is 18.3 Å². The number of pyridine rings is 2. The van der Waals surface area contributed by atoms with Gasteiger partial charge in [-0.05, 0) is 12.1 Å². The molecule has 17 heavy (non-hydrogen) atoms. The molecule has 6 heteroatoms. The van der Waals surface area contributed by atoms with E-state index >= 15 is 0 Å². The summed E-state index contributed by atoms with van der Waals surface area (Å²) in [5.74, 6) is 5.71. The van der Waals surface area contributed by atoms with Gasteiger partial charge in [-0.1, -0.05) is 0 Å². The SMILES string of the molecule is COc1ccc2nccc(/C(N)=C/NN)c2n1. The second-order valence-electron chi connectivity index (χ2n) is 3.35. The number of hydrogen-bond donors (Lipinski definition) is 3. The van der Waals surface area contributed by atoms with E-state index in [1.807, 2.05) is 6.07 Å². The van der Waals surface area contributed by atoms with E-state index in [9.17, 15) is 0 Å². The largest absolute Gasteiger partial charge is 0.481 e. The third-order valence-electron chi connectivity index (χ3n) is 2.32. The quantitative estimate of drug-likeness (QED) is 0.521. The van der Waals surface area contributed by atoms with Crippen LogP contribution in [-0.2, 0) is 0 Å². The summed E-state index contributed by atoms with van der Waals surface area (Å²) in [6.45, 7) is 0. The van der Waals surface area contributed by atoms with Crippen molar-refractivity contribution in [3.05, 3.63) is 36.2 Å². The van der Waals surface area contributed by atoms with Crippen molar-refractivity contribution in [1.29, 1.82) is 0 Å². The van der Waals surface area contributed by atoms with Crippen LogP contribution in [0.25, 0.3) is 16.7 Å². The number of nitrogens with two attached hydrogens (primary N) is 2. The Morgan fingerprint density at radius 3 is 2.94 bits per heavy atom. The molecule has 0 unspecified atom stereocenters. The first kappa shape index (κ1) is 11.2. The number of hydrazine groups is 1. The van der Waals surface area contributed by atoms with Crippen molar-refractivity contribution in [2.45, 2.75) is 0 Å². The van der Waals surface area contributed by atoms with E-state index in [-0.39, 0.29) is 0 Å². The van der Waals surface area contributed by atoms with Gasteiger partial charge in [0, 0.05) is 24.0 Å². The lowest BCUT2D eigenvalue weighted by Crippen LogP contribution is -2.16. The molecule has 5 N–H and O–H groups in total. The number of fused-ring (bicyclic) bond motifs is 1. The van der Waals surface area contributed by atoms with E-state index in [4.69, 9.17) is 16.3 Å². The molecule has 2 heterocycles. The summed E-state index contributed by atoms with van der Waals surface area (Å²) < 4.78 is 5.08. The molecule has 0 aliphatic rings. The zero-order valence-electron chi connectivity index (χ0n) is 9.34. The molecule has 2 aromatic heterocycles. The van der Waals surface area contributed by atoms with Crippen molar-refractivity contribution >= 4 is 16.7 Å². The van der Waals surface area contributed by atoms with Crippen molar-refractivity contribution in [3.8, 4) is 5.88 Å². The van der Waals surface area contributed by atoms with Crippen molar-refractivity contribution in [3.63, 3.8) is 0 Å². The number of hydrogen-bond acceptors (Lipinski definition) is 6. The van der Waals surface area contributed by atoms with Crippen LogP contribution in [0.5, 0.6) is 5.88 Å². The molecule has 0 fully saturated rings. The second kappa shape index (κ2) is 4.67. The molecule has 0 saturated carbocycles. The van der Waals surface area contributed by atoms with E-state index in [1.54, 1.807) is 25.4 Å². The van der Waals surface area contributed by atoms with Crippen molar-refractivity contribution in [2.75, 3.05) is 7.11 Å². The number of ether oxygens (including phenoxy) is 1. The molecular formula is C11H13N5O. The van der Waals surface area contributed by atoms with Gasteiger partial charge in [0.1, 0.15) is 5.52 Å². The Labute approximate surface area is 98.3 Å². The minimum Gasteiger partial charge on any atom is -0.481 e. The number of rotatable bonds is 3. The second-order valence-corrected chi connectivity index (χ2v) is 3.35. The summed E-state index contributed by atoms with van der Waals surface area (Å²) in [5, 5.41) is 0. The van der Waals surface area contributed by atoms with Gasteiger partial charge in [-0.25, -0.2) is 4.98 Å². The molecular weight excluding hydrogens is 218 g/mol. The first-order valence-corrected chi connectivity index (χ1v) is 4.98. The zero-order valence-corrected chi connectivity index (χ0v) is 9.34. The van der Waals surface area contributed by atoms with Crippen LogP contribution in [0.1, 0.15) is 5.56 Å². The Balaban J connectivity index is 2.66. The molecule has 2 rings (SSSR count). The number of methoxy groups -OCH3 is 1. The standard InChI is InChI=1S/C11H13N5O/c1-17-10-3-2-9-11(16-10)7(4-5-14-9)8(12)6-15-13/h2-6,15H,12-13H2,1H3/b8-6-. The van der Waals surface area contributed by atoms with Crippen LogP contribution in [0.4, 0.5) is 0 Å². The fourth-order valence-corrected chi connectivity index (χ4v) is 1.52. The lowest BCUT2D eigenvalue weighted by atomic mass is 10.1. The molecule has 0 bridgehead atoms. The summed E-state index contributed by atoms with van der Waals surface area (Å²) in [6.07, 6.45) is 3.17. The van der Waals surface area contributed by atoms with Crippen molar-refractivity contribution in [2.24, 2.45) is 11.6 Å². The molecule has 0 aromatic carbocycles. The van der Waals surface area contributed by atoms with Gasteiger partial charge < -0.3 is 15.9 Å². The van der Waals surface area contributed by atoms with Crippen LogP contribution in [0.3, 0.4) is 0 Å². The maximum absolute atomic E-state index is 5.87. The predicted octanol–water partition coefficient (Wildman–Crippen LogP) is 0.359. The Bertz CT molecular complexity index is 567. The Hall–Kier alpha value is -2.34. The highest BCUT2D eigenvalue weighted by atomic mass is 16.5. The average Bonchev–Trinajstić information content (AvgIpc) is 2.37. The van der Waals surface area contributed by atoms with Crippen LogP contribution in [0, 0.1) is 0 Å². The maximum atomic E-state index is 5.87. The lowest BCUT2D eigenvalue weighted by Gasteiger charge is -2.06. The van der Waals surface area contributed by atoms with Gasteiger partial charge in [-0.3, -0.25) is 10.8 Å². The highest BCUT2D eigenvalue weighted by Crippen LogP contribution is 2.21. The Morgan fingerprint density at radius 1 is 1.41 bits per heavy atom. The monoisotopic (exact) mass is 231 g/mol. The smallest absolute Gasteiger partial charge is 0.213 e. The summed E-state index contributed by atoms with van der Waals surface area (Å²) in [4.78, 5) is 8.53. The fourth-order valence-electron chi connectivity index (χ4n) is 1.52. The van der Waals surface area contributed by atoms with Gasteiger partial charge in [-0.15, -0.1) is 0 Å². The van der Waals surface area contributed by atoms with Crippen LogP contribution in [0.15, 0.2) is 30.6 Å². The number of nitrogens with zero attached hydrogens (tertiary/aromatic N) is 2. The third-order valence-corrected chi connectivity index (χ3v) is 2.32. The minimum atomic E-state index is 0.487. The van der Waals surface area contributed by atoms with Crippen LogP contribution in [-0.4, -0.2) is 17.1 Å². The van der Waals surface area contributed by atoms with Crippen LogP contribution < -0.4 is 21.7 Å². The normalized spacial score (nSPS) is 11.5. The van der Waals surface area contributed by atoms with Crippen LogP contribution in [0.2, 0.25) is 0 Å². The van der Waals surface area contributed by atoms with Crippen molar-refractivity contribution < 1.29 is 4.74 Å². The van der Waals surface area contributed by atoms with Crippen molar-refractivity contribution in [1.82, 2.24) is 15.4 Å². The van der Waals surface area contributed by atoms with Gasteiger partial charge in [0.15, 0.2) is 0 Å². The number of nitrogens with one attached hydrogen (secondary N) is 1. The highest BCUT2D eigenvalue weighted by molar-refractivity contribution is 5.87.